The van der Waals surface area contributed by atoms with Crippen molar-refractivity contribution in [3.8, 4) is 11.1 Å². The summed E-state index contributed by atoms with van der Waals surface area (Å²) in [6.45, 7) is 10.8. The second kappa shape index (κ2) is 7.67. The van der Waals surface area contributed by atoms with E-state index in [0.717, 1.165) is 15.1 Å². The summed E-state index contributed by atoms with van der Waals surface area (Å²) in [6, 6.07) is 5.17. The molecule has 2 aromatic heterocycles. The Morgan fingerprint density at radius 2 is 1.93 bits per heavy atom. The number of benzene rings is 1. The van der Waals surface area contributed by atoms with E-state index in [9.17, 15) is 14.3 Å². The van der Waals surface area contributed by atoms with Crippen molar-refractivity contribution in [2.24, 2.45) is 0 Å². The van der Waals surface area contributed by atoms with Crippen molar-refractivity contribution in [3.63, 3.8) is 0 Å². The van der Waals surface area contributed by atoms with Gasteiger partial charge in [-0.05, 0) is 64.8 Å². The number of pyridine rings is 1. The van der Waals surface area contributed by atoms with E-state index in [1.54, 1.807) is 40.7 Å². The maximum Gasteiger partial charge on any atom is 0.337 e. The third-order valence-electron chi connectivity index (χ3n) is 4.60. The van der Waals surface area contributed by atoms with Crippen LogP contribution in [0.4, 0.5) is 4.39 Å². The summed E-state index contributed by atoms with van der Waals surface area (Å²) in [5, 5.41) is 10.8. The van der Waals surface area contributed by atoms with Gasteiger partial charge in [0.15, 0.2) is 6.10 Å². The molecule has 4 nitrogen and oxygen atoms in total. The zero-order valence-electron chi connectivity index (χ0n) is 17.2. The fraction of sp³-hybridized carbons (Fsp3) is 0.364. The van der Waals surface area contributed by atoms with Crippen LogP contribution in [0.2, 0.25) is 5.02 Å². The molecule has 0 saturated heterocycles. The molecule has 154 valence electrons. The number of aryl methyl sites for hydroxylation is 2. The second-order valence-corrected chi connectivity index (χ2v) is 9.69. The van der Waals surface area contributed by atoms with Gasteiger partial charge in [-0.2, -0.15) is 0 Å². The SMILES string of the molecule is Cc1cc2c(-c3ccc(Cl)c(F)c3C)c([C@H](OC(C)(C)C)C(=O)O)c(C)nc2s1. The Morgan fingerprint density at radius 3 is 2.52 bits per heavy atom. The van der Waals surface area contributed by atoms with E-state index >= 15 is 0 Å². The smallest absolute Gasteiger partial charge is 0.337 e. The first-order valence-corrected chi connectivity index (χ1v) is 10.4. The fourth-order valence-corrected chi connectivity index (χ4v) is 4.56. The van der Waals surface area contributed by atoms with Crippen molar-refractivity contribution in [1.82, 2.24) is 4.98 Å². The van der Waals surface area contributed by atoms with Crippen LogP contribution in [0.5, 0.6) is 0 Å². The van der Waals surface area contributed by atoms with Crippen molar-refractivity contribution in [3.05, 3.63) is 50.7 Å². The number of hydrogen-bond acceptors (Lipinski definition) is 4. The Balaban J connectivity index is 2.45. The van der Waals surface area contributed by atoms with Gasteiger partial charge in [0.05, 0.1) is 10.6 Å². The number of aliphatic carboxylic acids is 1. The zero-order valence-corrected chi connectivity index (χ0v) is 18.8. The molecular formula is C22H23ClFNO3S. The van der Waals surface area contributed by atoms with Crippen molar-refractivity contribution in [2.45, 2.75) is 53.2 Å². The highest BCUT2D eigenvalue weighted by molar-refractivity contribution is 7.18. The van der Waals surface area contributed by atoms with E-state index in [2.05, 4.69) is 4.98 Å². The number of nitrogens with zero attached hydrogens (tertiary/aromatic N) is 1. The number of halogens is 2. The highest BCUT2D eigenvalue weighted by atomic mass is 35.5. The molecule has 3 rings (SSSR count). The zero-order chi connectivity index (χ0) is 21.7. The van der Waals surface area contributed by atoms with E-state index in [4.69, 9.17) is 16.3 Å². The molecule has 3 aromatic rings. The van der Waals surface area contributed by atoms with Gasteiger partial charge in [-0.3, -0.25) is 0 Å². The van der Waals surface area contributed by atoms with Crippen LogP contribution in [0, 0.1) is 26.6 Å². The van der Waals surface area contributed by atoms with Gasteiger partial charge in [-0.25, -0.2) is 14.2 Å². The molecule has 1 aromatic carbocycles. The van der Waals surface area contributed by atoms with Crippen LogP contribution in [0.1, 0.15) is 48.6 Å². The van der Waals surface area contributed by atoms with E-state index in [1.807, 2.05) is 13.0 Å². The van der Waals surface area contributed by atoms with E-state index in [1.165, 1.54) is 17.4 Å². The predicted octanol–water partition coefficient (Wildman–Crippen LogP) is 6.62. The number of rotatable bonds is 4. The lowest BCUT2D eigenvalue weighted by Gasteiger charge is -2.28. The van der Waals surface area contributed by atoms with Crippen molar-refractivity contribution >= 4 is 39.1 Å². The molecule has 2 heterocycles. The summed E-state index contributed by atoms with van der Waals surface area (Å²) < 4.78 is 20.6. The highest BCUT2D eigenvalue weighted by Gasteiger charge is 2.33. The number of carbonyl (C=O) groups is 1. The first-order chi connectivity index (χ1) is 13.4. The molecule has 29 heavy (non-hydrogen) atoms. The third kappa shape index (κ3) is 4.15. The Labute approximate surface area is 178 Å². The molecule has 0 fully saturated rings. The minimum absolute atomic E-state index is 0.0250. The van der Waals surface area contributed by atoms with Crippen LogP contribution < -0.4 is 0 Å². The van der Waals surface area contributed by atoms with Crippen LogP contribution in [-0.4, -0.2) is 21.7 Å². The van der Waals surface area contributed by atoms with Gasteiger partial charge in [0, 0.05) is 27.1 Å². The van der Waals surface area contributed by atoms with Crippen LogP contribution in [-0.2, 0) is 9.53 Å². The number of thiophene rings is 1. The monoisotopic (exact) mass is 435 g/mol. The standard InChI is InChI=1S/C22H23ClFNO3S/c1-10-9-14-17(13-7-8-15(23)18(24)11(13)2)16(12(3)25-20(14)29-10)19(21(26)27)28-22(4,5)6/h7-9,19H,1-6H3,(H,26,27)/t19-/m0/s1. The van der Waals surface area contributed by atoms with E-state index < -0.39 is 23.5 Å². The Morgan fingerprint density at radius 1 is 1.28 bits per heavy atom. The van der Waals surface area contributed by atoms with Crippen molar-refractivity contribution in [1.29, 1.82) is 0 Å². The van der Waals surface area contributed by atoms with Gasteiger partial charge in [0.25, 0.3) is 0 Å². The van der Waals surface area contributed by atoms with Gasteiger partial charge in [0.2, 0.25) is 0 Å². The molecule has 1 N–H and O–H groups in total. The highest BCUT2D eigenvalue weighted by Crippen LogP contribution is 2.43. The maximum atomic E-state index is 14.7. The molecule has 0 spiro atoms. The molecule has 0 saturated carbocycles. The Hall–Kier alpha value is -2.02. The number of aromatic nitrogens is 1. The fourth-order valence-electron chi connectivity index (χ4n) is 3.42. The third-order valence-corrected chi connectivity index (χ3v) is 5.84. The lowest BCUT2D eigenvalue weighted by molar-refractivity contribution is -0.160. The molecule has 0 radical (unpaired) electrons. The predicted molar refractivity (Wildman–Crippen MR) is 115 cm³/mol. The van der Waals surface area contributed by atoms with Crippen LogP contribution in [0.15, 0.2) is 18.2 Å². The minimum atomic E-state index is -1.25. The Kier molecular flexibility index (Phi) is 5.73. The minimum Gasteiger partial charge on any atom is -0.479 e. The first-order valence-electron chi connectivity index (χ1n) is 9.17. The summed E-state index contributed by atoms with van der Waals surface area (Å²) in [6.07, 6.45) is -1.25. The van der Waals surface area contributed by atoms with Crippen molar-refractivity contribution in [2.75, 3.05) is 0 Å². The van der Waals surface area contributed by atoms with Gasteiger partial charge >= 0.3 is 5.97 Å². The lowest BCUT2D eigenvalue weighted by Crippen LogP contribution is -2.28. The molecule has 0 aliphatic heterocycles. The van der Waals surface area contributed by atoms with Crippen molar-refractivity contribution < 1.29 is 19.0 Å². The average molecular weight is 436 g/mol. The maximum absolute atomic E-state index is 14.7. The summed E-state index contributed by atoms with van der Waals surface area (Å²) in [5.74, 6) is -1.64. The average Bonchev–Trinajstić information content (AvgIpc) is 2.96. The molecule has 0 amide bonds. The second-order valence-electron chi connectivity index (χ2n) is 8.04. The van der Waals surface area contributed by atoms with Gasteiger partial charge in [0.1, 0.15) is 10.6 Å². The lowest BCUT2D eigenvalue weighted by atomic mass is 9.90. The van der Waals surface area contributed by atoms with Crippen LogP contribution in [0.25, 0.3) is 21.3 Å². The van der Waals surface area contributed by atoms with E-state index in [0.29, 0.717) is 27.9 Å². The van der Waals surface area contributed by atoms with E-state index in [-0.39, 0.29) is 5.02 Å². The molecule has 0 aliphatic rings. The Bertz CT molecular complexity index is 1120. The molecule has 7 heteroatoms. The summed E-state index contributed by atoms with van der Waals surface area (Å²) in [7, 11) is 0. The summed E-state index contributed by atoms with van der Waals surface area (Å²) >= 11 is 7.47. The molecule has 0 aliphatic carbocycles. The normalized spacial score (nSPS) is 13.1. The van der Waals surface area contributed by atoms with Crippen LogP contribution in [0.3, 0.4) is 0 Å². The van der Waals surface area contributed by atoms with Gasteiger partial charge < -0.3 is 9.84 Å². The van der Waals surface area contributed by atoms with Crippen LogP contribution >= 0.6 is 22.9 Å². The number of fused-ring (bicyclic) bond motifs is 1. The molecular weight excluding hydrogens is 413 g/mol. The number of hydrogen-bond donors (Lipinski definition) is 1. The number of ether oxygens (including phenoxy) is 1. The molecule has 1 atom stereocenters. The quantitative estimate of drug-likeness (QED) is 0.500. The first kappa shape index (κ1) is 21.7. The number of carboxylic acids is 1. The molecule has 0 unspecified atom stereocenters. The van der Waals surface area contributed by atoms with Gasteiger partial charge in [-0.15, -0.1) is 11.3 Å². The topological polar surface area (TPSA) is 59.4 Å². The molecule has 0 bridgehead atoms. The number of carboxylic acid groups (broad SMARTS) is 1. The summed E-state index contributed by atoms with van der Waals surface area (Å²) in [4.78, 5) is 18.7. The largest absolute Gasteiger partial charge is 0.479 e. The van der Waals surface area contributed by atoms with Gasteiger partial charge in [-0.1, -0.05) is 17.7 Å². The summed E-state index contributed by atoms with van der Waals surface area (Å²) in [5.41, 5.74) is 1.84.